The molecule has 3 nitrogen and oxygen atoms in total. The Balaban J connectivity index is 1.75. The van der Waals surface area contributed by atoms with Gasteiger partial charge in [0.1, 0.15) is 0 Å². The van der Waals surface area contributed by atoms with E-state index in [4.69, 9.17) is 4.74 Å². The Morgan fingerprint density at radius 1 is 1.21 bits per heavy atom. The summed E-state index contributed by atoms with van der Waals surface area (Å²) in [5.74, 6) is 0. The van der Waals surface area contributed by atoms with Crippen LogP contribution in [0.3, 0.4) is 0 Å². The molecule has 0 aromatic rings. The van der Waals surface area contributed by atoms with Crippen molar-refractivity contribution in [2.45, 2.75) is 38.7 Å². The zero-order valence-electron chi connectivity index (χ0n) is 9.35. The van der Waals surface area contributed by atoms with Crippen LogP contribution < -0.4 is 10.6 Å². The molecule has 1 fully saturated rings. The van der Waals surface area contributed by atoms with Crippen LogP contribution in [-0.4, -0.2) is 38.9 Å². The molecule has 1 unspecified atom stereocenters. The summed E-state index contributed by atoms with van der Waals surface area (Å²) in [4.78, 5) is 0. The molecule has 1 atom stereocenters. The quantitative estimate of drug-likeness (QED) is 0.577. The normalized spacial score (nSPS) is 21.6. The molecule has 0 aliphatic carbocycles. The maximum Gasteiger partial charge on any atom is 0.0700 e. The van der Waals surface area contributed by atoms with E-state index in [9.17, 15) is 0 Å². The van der Waals surface area contributed by atoms with Gasteiger partial charge in [0.25, 0.3) is 0 Å². The molecule has 14 heavy (non-hydrogen) atoms. The highest BCUT2D eigenvalue weighted by atomic mass is 16.5. The second-order valence-electron chi connectivity index (χ2n) is 3.94. The first kappa shape index (κ1) is 12.0. The fraction of sp³-hybridized carbons (Fsp3) is 1.00. The summed E-state index contributed by atoms with van der Waals surface area (Å²) in [7, 11) is 0. The van der Waals surface area contributed by atoms with E-state index in [0.29, 0.717) is 6.10 Å². The molecule has 2 N–H and O–H groups in total. The van der Waals surface area contributed by atoms with Crippen LogP contribution in [0.4, 0.5) is 0 Å². The molecule has 0 spiro atoms. The highest BCUT2D eigenvalue weighted by molar-refractivity contribution is 4.67. The van der Waals surface area contributed by atoms with Crippen molar-refractivity contribution in [1.29, 1.82) is 0 Å². The minimum Gasteiger partial charge on any atom is -0.377 e. The van der Waals surface area contributed by atoms with E-state index in [0.717, 1.165) is 32.8 Å². The highest BCUT2D eigenvalue weighted by Crippen LogP contribution is 2.10. The lowest BCUT2D eigenvalue weighted by Gasteiger charge is -2.10. The Bertz CT molecular complexity index is 124. The average molecular weight is 200 g/mol. The van der Waals surface area contributed by atoms with Gasteiger partial charge in [0.15, 0.2) is 0 Å². The van der Waals surface area contributed by atoms with E-state index in [1.54, 1.807) is 0 Å². The topological polar surface area (TPSA) is 33.3 Å². The molecule has 1 rings (SSSR count). The zero-order valence-corrected chi connectivity index (χ0v) is 9.35. The Kier molecular flexibility index (Phi) is 7.01. The summed E-state index contributed by atoms with van der Waals surface area (Å²) >= 11 is 0. The Morgan fingerprint density at radius 2 is 2.07 bits per heavy atom. The van der Waals surface area contributed by atoms with Crippen molar-refractivity contribution in [2.24, 2.45) is 0 Å². The average Bonchev–Trinajstić information content (AvgIpc) is 2.69. The van der Waals surface area contributed by atoms with Gasteiger partial charge in [-0.05, 0) is 45.3 Å². The summed E-state index contributed by atoms with van der Waals surface area (Å²) in [5, 5.41) is 6.83. The molecule has 1 heterocycles. The lowest BCUT2D eigenvalue weighted by atomic mass is 10.2. The summed E-state index contributed by atoms with van der Waals surface area (Å²) in [6.45, 7) is 7.58. The fourth-order valence-electron chi connectivity index (χ4n) is 1.71. The van der Waals surface area contributed by atoms with Gasteiger partial charge in [-0.2, -0.15) is 0 Å². The van der Waals surface area contributed by atoms with Gasteiger partial charge < -0.3 is 15.4 Å². The molecule has 1 aliphatic heterocycles. The van der Waals surface area contributed by atoms with E-state index < -0.39 is 0 Å². The van der Waals surface area contributed by atoms with Crippen molar-refractivity contribution < 1.29 is 4.74 Å². The van der Waals surface area contributed by atoms with Crippen molar-refractivity contribution in [3.63, 3.8) is 0 Å². The molecular weight excluding hydrogens is 176 g/mol. The van der Waals surface area contributed by atoms with Gasteiger partial charge in [0, 0.05) is 13.2 Å². The monoisotopic (exact) mass is 200 g/mol. The van der Waals surface area contributed by atoms with Crippen molar-refractivity contribution in [2.75, 3.05) is 32.8 Å². The Labute approximate surface area is 87.6 Å². The summed E-state index contributed by atoms with van der Waals surface area (Å²) in [6, 6.07) is 0. The van der Waals surface area contributed by atoms with Crippen molar-refractivity contribution in [1.82, 2.24) is 10.6 Å². The molecule has 0 amide bonds. The van der Waals surface area contributed by atoms with Gasteiger partial charge >= 0.3 is 0 Å². The molecule has 0 saturated carbocycles. The van der Waals surface area contributed by atoms with Crippen LogP contribution in [0.25, 0.3) is 0 Å². The second-order valence-corrected chi connectivity index (χ2v) is 3.94. The maximum absolute atomic E-state index is 5.52. The standard InChI is InChI=1S/C11H24N2O/c1-2-6-12-7-4-8-13-10-11-5-3-9-14-11/h11-13H,2-10H2,1H3. The van der Waals surface area contributed by atoms with Crippen LogP contribution in [0.1, 0.15) is 32.6 Å². The van der Waals surface area contributed by atoms with Crippen LogP contribution in [0.15, 0.2) is 0 Å². The molecule has 0 aromatic heterocycles. The van der Waals surface area contributed by atoms with E-state index in [1.807, 2.05) is 0 Å². The number of rotatable bonds is 8. The predicted molar refractivity (Wildman–Crippen MR) is 59.6 cm³/mol. The number of hydrogen-bond acceptors (Lipinski definition) is 3. The molecule has 0 radical (unpaired) electrons. The Hall–Kier alpha value is -0.120. The van der Waals surface area contributed by atoms with Crippen molar-refractivity contribution >= 4 is 0 Å². The summed E-state index contributed by atoms with van der Waals surface area (Å²) in [5.41, 5.74) is 0. The minimum absolute atomic E-state index is 0.485. The SMILES string of the molecule is CCCNCCCNCC1CCCO1. The largest absolute Gasteiger partial charge is 0.377 e. The van der Waals surface area contributed by atoms with E-state index in [2.05, 4.69) is 17.6 Å². The third-order valence-corrected chi connectivity index (χ3v) is 2.53. The lowest BCUT2D eigenvalue weighted by molar-refractivity contribution is 0.110. The summed E-state index contributed by atoms with van der Waals surface area (Å²) in [6.07, 6.45) is 5.40. The molecule has 1 saturated heterocycles. The van der Waals surface area contributed by atoms with Gasteiger partial charge in [0.05, 0.1) is 6.10 Å². The summed E-state index contributed by atoms with van der Waals surface area (Å²) < 4.78 is 5.52. The first-order valence-electron chi connectivity index (χ1n) is 5.96. The number of nitrogens with one attached hydrogen (secondary N) is 2. The van der Waals surface area contributed by atoms with Crippen LogP contribution in [-0.2, 0) is 4.74 Å². The zero-order chi connectivity index (χ0) is 10.1. The van der Waals surface area contributed by atoms with E-state index in [-0.39, 0.29) is 0 Å². The Morgan fingerprint density at radius 3 is 2.79 bits per heavy atom. The molecular formula is C11H24N2O. The van der Waals surface area contributed by atoms with Crippen molar-refractivity contribution in [3.05, 3.63) is 0 Å². The first-order chi connectivity index (χ1) is 6.93. The van der Waals surface area contributed by atoms with E-state index >= 15 is 0 Å². The highest BCUT2D eigenvalue weighted by Gasteiger charge is 2.13. The van der Waals surface area contributed by atoms with Gasteiger partial charge in [-0.15, -0.1) is 0 Å². The number of ether oxygens (including phenoxy) is 1. The predicted octanol–water partition coefficient (Wildman–Crippen LogP) is 1.14. The lowest BCUT2D eigenvalue weighted by Crippen LogP contribution is -2.29. The maximum atomic E-state index is 5.52. The van der Waals surface area contributed by atoms with Crippen LogP contribution >= 0.6 is 0 Å². The van der Waals surface area contributed by atoms with Gasteiger partial charge in [-0.3, -0.25) is 0 Å². The van der Waals surface area contributed by atoms with E-state index in [1.165, 1.54) is 25.7 Å². The van der Waals surface area contributed by atoms with Crippen LogP contribution in [0.2, 0.25) is 0 Å². The molecule has 0 bridgehead atoms. The van der Waals surface area contributed by atoms with Gasteiger partial charge in [-0.1, -0.05) is 6.92 Å². The van der Waals surface area contributed by atoms with Crippen molar-refractivity contribution in [3.8, 4) is 0 Å². The molecule has 0 aromatic carbocycles. The smallest absolute Gasteiger partial charge is 0.0700 e. The van der Waals surface area contributed by atoms with Gasteiger partial charge in [0.2, 0.25) is 0 Å². The molecule has 1 aliphatic rings. The number of hydrogen-bond donors (Lipinski definition) is 2. The first-order valence-corrected chi connectivity index (χ1v) is 5.96. The fourth-order valence-corrected chi connectivity index (χ4v) is 1.71. The van der Waals surface area contributed by atoms with Crippen LogP contribution in [0.5, 0.6) is 0 Å². The third kappa shape index (κ3) is 5.58. The third-order valence-electron chi connectivity index (χ3n) is 2.53. The van der Waals surface area contributed by atoms with Gasteiger partial charge in [-0.25, -0.2) is 0 Å². The minimum atomic E-state index is 0.485. The second kappa shape index (κ2) is 8.21. The molecule has 3 heteroatoms. The van der Waals surface area contributed by atoms with Crippen LogP contribution in [0, 0.1) is 0 Å². The molecule has 84 valence electrons.